The van der Waals surface area contributed by atoms with Gasteiger partial charge in [0.25, 0.3) is 5.91 Å². The highest BCUT2D eigenvalue weighted by Crippen LogP contribution is 2.21. The highest BCUT2D eigenvalue weighted by molar-refractivity contribution is 5.94. The molecule has 2 aliphatic rings. The van der Waals surface area contributed by atoms with Crippen LogP contribution in [0.2, 0.25) is 0 Å². The number of nitrogens with zero attached hydrogens (tertiary/aromatic N) is 2. The van der Waals surface area contributed by atoms with Gasteiger partial charge in [0.2, 0.25) is 0 Å². The van der Waals surface area contributed by atoms with Crippen molar-refractivity contribution in [2.45, 2.75) is 37.9 Å². The fourth-order valence-electron chi connectivity index (χ4n) is 3.38. The Kier molecular flexibility index (Phi) is 5.25. The Bertz CT molecular complexity index is 789. The van der Waals surface area contributed by atoms with Gasteiger partial charge < -0.3 is 20.3 Å². The van der Waals surface area contributed by atoms with E-state index >= 15 is 0 Å². The molecule has 1 atom stereocenters. The average molecular weight is 366 g/mol. The van der Waals surface area contributed by atoms with E-state index in [-0.39, 0.29) is 5.91 Å². The summed E-state index contributed by atoms with van der Waals surface area (Å²) in [6, 6.07) is 12.8. The van der Waals surface area contributed by atoms with Gasteiger partial charge in [-0.2, -0.15) is 0 Å². The second-order valence-corrected chi connectivity index (χ2v) is 7.32. The molecular formula is C21H26N4O2. The predicted octanol–water partition coefficient (Wildman–Crippen LogP) is 2.35. The van der Waals surface area contributed by atoms with Crippen LogP contribution >= 0.6 is 0 Å². The van der Waals surface area contributed by atoms with Crippen molar-refractivity contribution in [1.29, 1.82) is 0 Å². The maximum atomic E-state index is 12.1. The fourth-order valence-corrected chi connectivity index (χ4v) is 3.38. The van der Waals surface area contributed by atoms with E-state index in [2.05, 4.69) is 32.7 Å². The summed E-state index contributed by atoms with van der Waals surface area (Å²) < 4.78 is 5.28. The smallest absolute Gasteiger partial charge is 0.253 e. The number of amides is 1. The van der Waals surface area contributed by atoms with Gasteiger partial charge in [-0.25, -0.2) is 4.98 Å². The van der Waals surface area contributed by atoms with Crippen LogP contribution in [0.5, 0.6) is 5.75 Å². The van der Waals surface area contributed by atoms with E-state index in [1.165, 1.54) is 5.56 Å². The molecule has 2 N–H and O–H groups in total. The maximum Gasteiger partial charge on any atom is 0.253 e. The highest BCUT2D eigenvalue weighted by Gasteiger charge is 2.25. The van der Waals surface area contributed by atoms with E-state index in [0.29, 0.717) is 17.6 Å². The molecule has 1 saturated heterocycles. The monoisotopic (exact) mass is 366 g/mol. The molecule has 1 saturated carbocycles. The van der Waals surface area contributed by atoms with Crippen LogP contribution < -0.4 is 20.3 Å². The first-order valence-corrected chi connectivity index (χ1v) is 9.59. The number of anilines is 1. The van der Waals surface area contributed by atoms with Gasteiger partial charge in [-0.05, 0) is 49.1 Å². The topological polar surface area (TPSA) is 66.5 Å². The number of carbonyl (C=O) groups excluding carboxylic acids is 1. The number of rotatable bonds is 7. The average Bonchev–Trinajstić information content (AvgIpc) is 3.40. The van der Waals surface area contributed by atoms with E-state index in [0.717, 1.165) is 50.5 Å². The van der Waals surface area contributed by atoms with Gasteiger partial charge in [-0.3, -0.25) is 4.79 Å². The van der Waals surface area contributed by atoms with Gasteiger partial charge in [-0.1, -0.05) is 12.1 Å². The van der Waals surface area contributed by atoms with Crippen LogP contribution in [0.25, 0.3) is 0 Å². The highest BCUT2D eigenvalue weighted by atomic mass is 16.5. The minimum absolute atomic E-state index is 0.0178. The van der Waals surface area contributed by atoms with E-state index in [1.807, 2.05) is 24.3 Å². The zero-order valence-corrected chi connectivity index (χ0v) is 15.6. The molecule has 0 bridgehead atoms. The number of hydrogen-bond acceptors (Lipinski definition) is 5. The lowest BCUT2D eigenvalue weighted by molar-refractivity contribution is 0.0950. The largest absolute Gasteiger partial charge is 0.497 e. The third kappa shape index (κ3) is 4.57. The van der Waals surface area contributed by atoms with Crippen molar-refractivity contribution in [3.8, 4) is 5.75 Å². The molecule has 6 nitrogen and oxygen atoms in total. The van der Waals surface area contributed by atoms with Gasteiger partial charge >= 0.3 is 0 Å². The van der Waals surface area contributed by atoms with Crippen LogP contribution in [-0.4, -0.2) is 43.2 Å². The fraction of sp³-hybridized carbons (Fsp3) is 0.429. The number of benzene rings is 1. The van der Waals surface area contributed by atoms with Crippen molar-refractivity contribution in [3.63, 3.8) is 0 Å². The third-order valence-corrected chi connectivity index (χ3v) is 5.16. The molecule has 142 valence electrons. The molecule has 4 rings (SSSR count). The van der Waals surface area contributed by atoms with Crippen LogP contribution in [0.1, 0.15) is 35.2 Å². The van der Waals surface area contributed by atoms with E-state index < -0.39 is 0 Å². The van der Waals surface area contributed by atoms with E-state index in [4.69, 9.17) is 4.74 Å². The Labute approximate surface area is 159 Å². The first-order chi connectivity index (χ1) is 13.2. The van der Waals surface area contributed by atoms with E-state index in [1.54, 1.807) is 13.3 Å². The molecular weight excluding hydrogens is 340 g/mol. The molecule has 27 heavy (non-hydrogen) atoms. The summed E-state index contributed by atoms with van der Waals surface area (Å²) in [5.41, 5.74) is 1.86. The molecule has 2 heterocycles. The number of aromatic nitrogens is 1. The Morgan fingerprint density at radius 1 is 1.22 bits per heavy atom. The normalized spacial score (nSPS) is 19.1. The summed E-state index contributed by atoms with van der Waals surface area (Å²) in [5.74, 6) is 1.80. The summed E-state index contributed by atoms with van der Waals surface area (Å²) in [6.07, 6.45) is 4.95. The molecule has 1 aliphatic heterocycles. The summed E-state index contributed by atoms with van der Waals surface area (Å²) >= 11 is 0. The van der Waals surface area contributed by atoms with Gasteiger partial charge in [0.05, 0.1) is 12.7 Å². The minimum Gasteiger partial charge on any atom is -0.497 e. The lowest BCUT2D eigenvalue weighted by Crippen LogP contribution is -2.32. The summed E-state index contributed by atoms with van der Waals surface area (Å²) in [5, 5.41) is 6.61. The number of pyridine rings is 1. The van der Waals surface area contributed by atoms with Crippen molar-refractivity contribution in [2.75, 3.05) is 25.1 Å². The molecule has 0 radical (unpaired) electrons. The van der Waals surface area contributed by atoms with Crippen LogP contribution in [0.4, 0.5) is 5.82 Å². The van der Waals surface area contributed by atoms with Crippen molar-refractivity contribution in [3.05, 3.63) is 53.7 Å². The molecule has 1 aromatic carbocycles. The first-order valence-electron chi connectivity index (χ1n) is 9.59. The van der Waals surface area contributed by atoms with Crippen LogP contribution in [0.3, 0.4) is 0 Å². The van der Waals surface area contributed by atoms with Crippen molar-refractivity contribution in [2.24, 2.45) is 0 Å². The number of nitrogens with one attached hydrogen (secondary N) is 2. The zero-order valence-electron chi connectivity index (χ0n) is 15.6. The summed E-state index contributed by atoms with van der Waals surface area (Å²) in [7, 11) is 1.69. The molecule has 1 aliphatic carbocycles. The molecule has 1 amide bonds. The maximum absolute atomic E-state index is 12.1. The van der Waals surface area contributed by atoms with Crippen LogP contribution in [-0.2, 0) is 6.54 Å². The predicted molar refractivity (Wildman–Crippen MR) is 105 cm³/mol. The Morgan fingerprint density at radius 2 is 2.11 bits per heavy atom. The SMILES string of the molecule is COc1cccc(CNC2CCN(c3ccc(C(=O)NC4CC4)cn3)C2)c1. The van der Waals surface area contributed by atoms with Gasteiger partial charge in [0.1, 0.15) is 11.6 Å². The molecule has 2 fully saturated rings. The molecule has 0 spiro atoms. The number of carbonyl (C=O) groups is 1. The van der Waals surface area contributed by atoms with E-state index in [9.17, 15) is 4.79 Å². The summed E-state index contributed by atoms with van der Waals surface area (Å²) in [4.78, 5) is 18.8. The number of ether oxygens (including phenoxy) is 1. The second-order valence-electron chi connectivity index (χ2n) is 7.32. The zero-order chi connectivity index (χ0) is 18.6. The standard InChI is InChI=1S/C21H26N4O2/c1-27-19-4-2-3-15(11-19)12-22-18-9-10-25(14-18)20-8-5-16(13-23-20)21(26)24-17-6-7-17/h2-5,8,11,13,17-18,22H,6-7,9-10,12,14H2,1H3,(H,24,26). The van der Waals surface area contributed by atoms with Gasteiger partial charge in [0, 0.05) is 37.9 Å². The van der Waals surface area contributed by atoms with Crippen molar-refractivity contribution >= 4 is 11.7 Å². The lowest BCUT2D eigenvalue weighted by atomic mass is 10.2. The first kappa shape index (κ1) is 17.8. The molecule has 1 aromatic heterocycles. The molecule has 1 unspecified atom stereocenters. The second kappa shape index (κ2) is 7.96. The third-order valence-electron chi connectivity index (χ3n) is 5.16. The Morgan fingerprint density at radius 3 is 2.85 bits per heavy atom. The summed E-state index contributed by atoms with van der Waals surface area (Å²) in [6.45, 7) is 2.71. The molecule has 2 aromatic rings. The van der Waals surface area contributed by atoms with Crippen molar-refractivity contribution in [1.82, 2.24) is 15.6 Å². The lowest BCUT2D eigenvalue weighted by Gasteiger charge is -2.18. The number of hydrogen-bond donors (Lipinski definition) is 2. The van der Waals surface area contributed by atoms with Crippen LogP contribution in [0.15, 0.2) is 42.6 Å². The van der Waals surface area contributed by atoms with Gasteiger partial charge in [-0.15, -0.1) is 0 Å². The van der Waals surface area contributed by atoms with Crippen LogP contribution in [0, 0.1) is 0 Å². The Hall–Kier alpha value is -2.60. The van der Waals surface area contributed by atoms with Crippen molar-refractivity contribution < 1.29 is 9.53 Å². The molecule has 6 heteroatoms. The quantitative estimate of drug-likeness (QED) is 0.787. The number of methoxy groups -OCH3 is 1. The minimum atomic E-state index is -0.0178. The van der Waals surface area contributed by atoms with Gasteiger partial charge in [0.15, 0.2) is 0 Å². The Balaban J connectivity index is 1.29.